The zero-order valence-electron chi connectivity index (χ0n) is 15.6. The van der Waals surface area contributed by atoms with Crippen molar-refractivity contribution in [2.24, 2.45) is 35.0 Å². The average molecular weight is 415 g/mol. The fraction of sp³-hybridized carbons (Fsp3) is 0.952. The summed E-state index contributed by atoms with van der Waals surface area (Å²) >= 11 is 3.37. The number of halogens is 2. The Bertz CT molecular complexity index is 564. The SMILES string of the molecule is C[C@]1(O)CC[C@]2(F)[C@@H](CC[C@H]3[C@@H]4CC[C@H](C(=O)CBr)[C@@]4(C)CC[C@@H]32)C1. The highest BCUT2D eigenvalue weighted by atomic mass is 79.9. The van der Waals surface area contributed by atoms with Crippen LogP contribution in [0.2, 0.25) is 0 Å². The van der Waals surface area contributed by atoms with Crippen LogP contribution >= 0.6 is 15.9 Å². The van der Waals surface area contributed by atoms with Gasteiger partial charge in [-0.3, -0.25) is 4.79 Å². The summed E-state index contributed by atoms with van der Waals surface area (Å²) in [5.41, 5.74) is -1.68. The van der Waals surface area contributed by atoms with Crippen LogP contribution in [0.4, 0.5) is 4.39 Å². The molecule has 4 aliphatic rings. The van der Waals surface area contributed by atoms with Crippen LogP contribution in [0.15, 0.2) is 0 Å². The maximum Gasteiger partial charge on any atom is 0.147 e. The lowest BCUT2D eigenvalue weighted by Crippen LogP contribution is -2.58. The number of carbonyl (C=O) groups is 1. The van der Waals surface area contributed by atoms with Crippen molar-refractivity contribution in [2.75, 3.05) is 5.33 Å². The van der Waals surface area contributed by atoms with Crippen molar-refractivity contribution in [3.63, 3.8) is 0 Å². The number of Topliss-reactive ketones (excluding diaryl/α,β-unsaturated/α-hetero) is 1. The molecule has 0 aromatic carbocycles. The summed E-state index contributed by atoms with van der Waals surface area (Å²) in [5, 5.41) is 10.9. The van der Waals surface area contributed by atoms with Crippen molar-refractivity contribution in [2.45, 2.75) is 82.9 Å². The molecule has 4 aliphatic carbocycles. The van der Waals surface area contributed by atoms with Gasteiger partial charge in [0.1, 0.15) is 11.5 Å². The van der Waals surface area contributed by atoms with Gasteiger partial charge in [-0.25, -0.2) is 4.39 Å². The van der Waals surface area contributed by atoms with Crippen molar-refractivity contribution >= 4 is 21.7 Å². The molecule has 0 spiro atoms. The molecular formula is C21H32BrFO2. The molecule has 4 heteroatoms. The van der Waals surface area contributed by atoms with Crippen LogP contribution in [0, 0.1) is 35.0 Å². The van der Waals surface area contributed by atoms with E-state index in [0.717, 1.165) is 38.5 Å². The fourth-order valence-electron chi connectivity index (χ4n) is 7.60. The molecular weight excluding hydrogens is 383 g/mol. The highest BCUT2D eigenvalue weighted by molar-refractivity contribution is 9.09. The van der Waals surface area contributed by atoms with Gasteiger partial charge in [-0.2, -0.15) is 0 Å². The summed E-state index contributed by atoms with van der Waals surface area (Å²) in [7, 11) is 0. The molecule has 142 valence electrons. The van der Waals surface area contributed by atoms with E-state index in [4.69, 9.17) is 0 Å². The zero-order chi connectivity index (χ0) is 18.0. The highest BCUT2D eigenvalue weighted by Crippen LogP contribution is 2.66. The first kappa shape index (κ1) is 18.4. The minimum atomic E-state index is -1.08. The molecule has 0 amide bonds. The van der Waals surface area contributed by atoms with Crippen LogP contribution in [0.5, 0.6) is 0 Å². The first-order valence-corrected chi connectivity index (χ1v) is 11.3. The number of rotatable bonds is 2. The maximum absolute atomic E-state index is 16.2. The van der Waals surface area contributed by atoms with Gasteiger partial charge in [0.2, 0.25) is 0 Å². The predicted molar refractivity (Wildman–Crippen MR) is 100 cm³/mol. The maximum atomic E-state index is 16.2. The van der Waals surface area contributed by atoms with Crippen LogP contribution in [-0.4, -0.2) is 27.5 Å². The molecule has 4 rings (SSSR count). The van der Waals surface area contributed by atoms with Crippen molar-refractivity contribution in [3.8, 4) is 0 Å². The monoisotopic (exact) mass is 414 g/mol. The molecule has 0 bridgehead atoms. The number of alkyl halides is 2. The summed E-state index contributed by atoms with van der Waals surface area (Å²) < 4.78 is 16.2. The second-order valence-electron chi connectivity index (χ2n) is 10.1. The topological polar surface area (TPSA) is 37.3 Å². The summed E-state index contributed by atoms with van der Waals surface area (Å²) in [5.74, 6) is 1.65. The van der Waals surface area contributed by atoms with Gasteiger partial charge in [0.05, 0.1) is 10.9 Å². The van der Waals surface area contributed by atoms with Crippen molar-refractivity contribution in [3.05, 3.63) is 0 Å². The average Bonchev–Trinajstić information content (AvgIpc) is 2.92. The van der Waals surface area contributed by atoms with Crippen LogP contribution < -0.4 is 0 Å². The Labute approximate surface area is 159 Å². The van der Waals surface area contributed by atoms with E-state index in [1.807, 2.05) is 6.92 Å². The Morgan fingerprint density at radius 3 is 2.56 bits per heavy atom. The van der Waals surface area contributed by atoms with Gasteiger partial charge < -0.3 is 5.11 Å². The zero-order valence-corrected chi connectivity index (χ0v) is 17.2. The Balaban J connectivity index is 1.59. The number of carbonyl (C=O) groups excluding carboxylic acids is 1. The Hall–Kier alpha value is 0.0400. The molecule has 4 saturated carbocycles. The van der Waals surface area contributed by atoms with Crippen LogP contribution in [0.1, 0.15) is 71.6 Å². The van der Waals surface area contributed by atoms with Gasteiger partial charge in [-0.05, 0) is 93.8 Å². The van der Waals surface area contributed by atoms with Crippen LogP contribution in [0.25, 0.3) is 0 Å². The molecule has 0 radical (unpaired) electrons. The first-order chi connectivity index (χ1) is 11.7. The third-order valence-electron chi connectivity index (χ3n) is 8.83. The normalized spacial score (nSPS) is 55.2. The van der Waals surface area contributed by atoms with E-state index in [1.54, 1.807) is 0 Å². The van der Waals surface area contributed by atoms with Gasteiger partial charge >= 0.3 is 0 Å². The molecule has 25 heavy (non-hydrogen) atoms. The number of aliphatic hydroxyl groups is 1. The molecule has 0 aliphatic heterocycles. The van der Waals surface area contributed by atoms with Gasteiger partial charge in [0.15, 0.2) is 0 Å². The Morgan fingerprint density at radius 1 is 1.08 bits per heavy atom. The minimum absolute atomic E-state index is 0.0308. The van der Waals surface area contributed by atoms with E-state index < -0.39 is 11.3 Å². The summed E-state index contributed by atoms with van der Waals surface area (Å²) in [6, 6.07) is 0. The number of ketones is 1. The third-order valence-corrected chi connectivity index (χ3v) is 9.39. The van der Waals surface area contributed by atoms with E-state index in [2.05, 4.69) is 22.9 Å². The summed E-state index contributed by atoms with van der Waals surface area (Å²) in [6.07, 6.45) is 7.76. The van der Waals surface area contributed by atoms with E-state index in [-0.39, 0.29) is 23.2 Å². The molecule has 0 heterocycles. The minimum Gasteiger partial charge on any atom is -0.390 e. The van der Waals surface area contributed by atoms with E-state index in [1.165, 1.54) is 0 Å². The number of hydrogen-bond donors (Lipinski definition) is 1. The van der Waals surface area contributed by atoms with Crippen molar-refractivity contribution in [1.82, 2.24) is 0 Å². The lowest BCUT2D eigenvalue weighted by Gasteiger charge is -2.59. The van der Waals surface area contributed by atoms with E-state index in [9.17, 15) is 9.90 Å². The number of hydrogen-bond acceptors (Lipinski definition) is 2. The third kappa shape index (κ3) is 2.68. The summed E-state index contributed by atoms with van der Waals surface area (Å²) in [6.45, 7) is 4.19. The van der Waals surface area contributed by atoms with Gasteiger partial charge in [0, 0.05) is 5.92 Å². The van der Waals surface area contributed by atoms with Crippen molar-refractivity contribution in [1.29, 1.82) is 0 Å². The molecule has 0 aromatic heterocycles. The quantitative estimate of drug-likeness (QED) is 0.640. The fourth-order valence-corrected chi connectivity index (χ4v) is 7.99. The second kappa shape index (κ2) is 6.02. The molecule has 1 N–H and O–H groups in total. The highest BCUT2D eigenvalue weighted by Gasteiger charge is 2.63. The second-order valence-corrected chi connectivity index (χ2v) is 10.6. The van der Waals surface area contributed by atoms with Crippen LogP contribution in [0.3, 0.4) is 0 Å². The van der Waals surface area contributed by atoms with Gasteiger partial charge in [-0.15, -0.1) is 0 Å². The van der Waals surface area contributed by atoms with Crippen LogP contribution in [-0.2, 0) is 4.79 Å². The molecule has 0 aromatic rings. The largest absolute Gasteiger partial charge is 0.390 e. The van der Waals surface area contributed by atoms with Gasteiger partial charge in [-0.1, -0.05) is 22.9 Å². The molecule has 0 unspecified atom stereocenters. The van der Waals surface area contributed by atoms with E-state index in [0.29, 0.717) is 42.2 Å². The predicted octanol–water partition coefficient (Wildman–Crippen LogP) is 5.06. The van der Waals surface area contributed by atoms with E-state index >= 15 is 4.39 Å². The molecule has 2 nitrogen and oxygen atoms in total. The van der Waals surface area contributed by atoms with Crippen molar-refractivity contribution < 1.29 is 14.3 Å². The van der Waals surface area contributed by atoms with Gasteiger partial charge in [0.25, 0.3) is 0 Å². The lowest BCUT2D eigenvalue weighted by molar-refractivity contribution is -0.165. The Kier molecular flexibility index (Phi) is 4.43. The Morgan fingerprint density at radius 2 is 1.84 bits per heavy atom. The number of fused-ring (bicyclic) bond motifs is 5. The molecule has 4 fully saturated rings. The first-order valence-electron chi connectivity index (χ1n) is 10.2. The lowest BCUT2D eigenvalue weighted by atomic mass is 9.48. The summed E-state index contributed by atoms with van der Waals surface area (Å²) in [4.78, 5) is 12.4. The smallest absolute Gasteiger partial charge is 0.147 e. The standard InChI is InChI=1S/C21H32BrFO2/c1-19(25)9-10-21(23)13(11-19)3-4-14-15-5-6-17(18(24)12-22)20(15,2)8-7-16(14)21/h13-17,25H,3-12H2,1-2H3/t13-,14-,15-,16-,17+,19-,20-,21-/m0/s1. The molecule has 0 saturated heterocycles. The molecule has 8 atom stereocenters.